The summed E-state index contributed by atoms with van der Waals surface area (Å²) < 4.78 is 3.39. The van der Waals surface area contributed by atoms with Crippen LogP contribution in [0.15, 0.2) is 188 Å². The van der Waals surface area contributed by atoms with E-state index in [-0.39, 0.29) is 10.8 Å². The van der Waals surface area contributed by atoms with Gasteiger partial charge in [-0.25, -0.2) is 9.97 Å². The van der Waals surface area contributed by atoms with Gasteiger partial charge in [0, 0.05) is 39.0 Å². The maximum Gasteiger partial charge on any atom is 0.145 e. The molecule has 2 aliphatic heterocycles. The summed E-state index contributed by atoms with van der Waals surface area (Å²) in [6.45, 7) is 9.30. The first kappa shape index (κ1) is 36.6. The topological polar surface area (TPSA) is 37.2 Å². The molecule has 5 nitrogen and oxygen atoms in total. The van der Waals surface area contributed by atoms with Gasteiger partial charge in [0.25, 0.3) is 0 Å². The molecule has 0 unspecified atom stereocenters. The van der Waals surface area contributed by atoms with Gasteiger partial charge in [0.05, 0.1) is 44.0 Å². The molecule has 4 heterocycles. The second-order valence-corrected chi connectivity index (χ2v) is 18.5. The number of thiazole rings is 1. The van der Waals surface area contributed by atoms with Crippen LogP contribution in [0.25, 0.3) is 48.9 Å². The van der Waals surface area contributed by atoms with Crippen molar-refractivity contribution in [3.05, 3.63) is 210 Å². The monoisotopic (exact) mass is 817 g/mol. The van der Waals surface area contributed by atoms with Gasteiger partial charge in [0.2, 0.25) is 0 Å². The standard InChI is InChI=1S/C56H43N5S/c1-55(2)41-18-8-12-22-47(41)59(48-23-13-9-19-42(48)55)39-30-26-36(27-31-39)53-57-45-35-52-46(34-51(45)61(53)38-16-6-5-7-17-38)58-54(62-52)37-28-32-40(33-29-37)60-49-24-14-10-20-43(49)56(3,4)44-21-11-15-25-50(44)60/h5-35H,1-4H3. The van der Waals surface area contributed by atoms with Gasteiger partial charge in [0.15, 0.2) is 0 Å². The lowest BCUT2D eigenvalue weighted by atomic mass is 9.73. The van der Waals surface area contributed by atoms with Crippen molar-refractivity contribution in [2.45, 2.75) is 38.5 Å². The second-order valence-electron chi connectivity index (χ2n) is 17.5. The van der Waals surface area contributed by atoms with E-state index < -0.39 is 0 Å². The Labute approximate surface area is 365 Å². The van der Waals surface area contributed by atoms with Gasteiger partial charge in [0.1, 0.15) is 10.8 Å². The molecule has 0 fully saturated rings. The van der Waals surface area contributed by atoms with E-state index in [0.29, 0.717) is 0 Å². The largest absolute Gasteiger partial charge is 0.310 e. The molecular weight excluding hydrogens is 775 g/mol. The van der Waals surface area contributed by atoms with Crippen molar-refractivity contribution in [3.63, 3.8) is 0 Å². The molecule has 2 aliphatic rings. The number of hydrogen-bond acceptors (Lipinski definition) is 5. The summed E-state index contributed by atoms with van der Waals surface area (Å²) in [5, 5.41) is 0.992. The number of hydrogen-bond donors (Lipinski definition) is 0. The zero-order valence-corrected chi connectivity index (χ0v) is 35.9. The Morgan fingerprint density at radius 3 is 1.32 bits per heavy atom. The van der Waals surface area contributed by atoms with E-state index in [1.54, 1.807) is 11.3 Å². The number of anilines is 6. The molecule has 10 aromatic rings. The lowest BCUT2D eigenvalue weighted by Crippen LogP contribution is -2.30. The predicted molar refractivity (Wildman–Crippen MR) is 259 cm³/mol. The van der Waals surface area contributed by atoms with Crippen LogP contribution in [-0.4, -0.2) is 14.5 Å². The first-order valence-corrected chi connectivity index (χ1v) is 22.1. The van der Waals surface area contributed by atoms with Crippen LogP contribution in [0.1, 0.15) is 49.9 Å². The minimum atomic E-state index is -0.107. The summed E-state index contributed by atoms with van der Waals surface area (Å²) in [5.74, 6) is 0.899. The Kier molecular flexibility index (Phi) is 8.03. The van der Waals surface area contributed by atoms with Crippen molar-refractivity contribution in [3.8, 4) is 27.6 Å². The molecule has 6 heteroatoms. The highest BCUT2D eigenvalue weighted by Crippen LogP contribution is 2.53. The van der Waals surface area contributed by atoms with Crippen molar-refractivity contribution in [2.75, 3.05) is 9.80 Å². The Morgan fingerprint density at radius 2 is 0.839 bits per heavy atom. The summed E-state index contributed by atoms with van der Waals surface area (Å²) in [5.41, 5.74) is 18.4. The van der Waals surface area contributed by atoms with Crippen LogP contribution in [-0.2, 0) is 10.8 Å². The van der Waals surface area contributed by atoms with Crippen LogP contribution < -0.4 is 9.80 Å². The molecular formula is C56H43N5S. The number of imidazole rings is 1. The molecule has 62 heavy (non-hydrogen) atoms. The highest BCUT2D eigenvalue weighted by atomic mass is 32.1. The first-order valence-electron chi connectivity index (χ1n) is 21.3. The molecule has 0 bridgehead atoms. The normalized spacial score (nSPS) is 14.6. The van der Waals surface area contributed by atoms with Crippen molar-refractivity contribution >= 4 is 66.7 Å². The zero-order chi connectivity index (χ0) is 41.7. The van der Waals surface area contributed by atoms with Crippen molar-refractivity contribution in [1.29, 1.82) is 0 Å². The highest BCUT2D eigenvalue weighted by molar-refractivity contribution is 7.21. The van der Waals surface area contributed by atoms with E-state index in [2.05, 4.69) is 230 Å². The summed E-state index contributed by atoms with van der Waals surface area (Å²) >= 11 is 1.72. The maximum absolute atomic E-state index is 5.36. The molecule has 298 valence electrons. The number of para-hydroxylation sites is 5. The maximum atomic E-state index is 5.36. The van der Waals surface area contributed by atoms with Crippen LogP contribution in [0.3, 0.4) is 0 Å². The van der Waals surface area contributed by atoms with Crippen molar-refractivity contribution in [1.82, 2.24) is 14.5 Å². The minimum absolute atomic E-state index is 0.0950. The van der Waals surface area contributed by atoms with Crippen LogP contribution in [0.4, 0.5) is 34.1 Å². The number of rotatable bonds is 5. The van der Waals surface area contributed by atoms with Crippen LogP contribution in [0.5, 0.6) is 0 Å². The summed E-state index contributed by atoms with van der Waals surface area (Å²) in [4.78, 5) is 15.4. The number of nitrogens with zero attached hydrogens (tertiary/aromatic N) is 5. The van der Waals surface area contributed by atoms with Gasteiger partial charge < -0.3 is 9.80 Å². The SMILES string of the molecule is CC1(C)c2ccccc2N(c2ccc(-c3nc4cc5c(cc4s3)nc(-c3ccc(N4c6ccccc6C(C)(C)c6ccccc64)cc3)n5-c3ccccc3)cc2)c2ccccc21. The minimum Gasteiger partial charge on any atom is -0.310 e. The Balaban J connectivity index is 0.915. The molecule has 0 amide bonds. The molecule has 12 rings (SSSR count). The lowest BCUT2D eigenvalue weighted by Gasteiger charge is -2.42. The Morgan fingerprint density at radius 1 is 0.403 bits per heavy atom. The first-order chi connectivity index (χ1) is 30.3. The molecule has 0 atom stereocenters. The summed E-state index contributed by atoms with van der Waals surface area (Å²) in [6, 6.07) is 67.9. The van der Waals surface area contributed by atoms with Crippen molar-refractivity contribution in [2.24, 2.45) is 0 Å². The fraction of sp³-hybridized carbons (Fsp3) is 0.107. The average Bonchev–Trinajstić information content (AvgIpc) is 3.90. The second kappa shape index (κ2) is 13.6. The zero-order valence-electron chi connectivity index (χ0n) is 35.0. The van der Waals surface area contributed by atoms with Crippen LogP contribution >= 0.6 is 11.3 Å². The van der Waals surface area contributed by atoms with E-state index in [0.717, 1.165) is 60.3 Å². The van der Waals surface area contributed by atoms with Gasteiger partial charge in [-0.1, -0.05) is 119 Å². The lowest BCUT2D eigenvalue weighted by molar-refractivity contribution is 0.632. The molecule has 0 aliphatic carbocycles. The quantitative estimate of drug-likeness (QED) is 0.173. The average molecular weight is 818 g/mol. The Bertz CT molecular complexity index is 3260. The molecule has 0 saturated heterocycles. The number of benzene rings is 8. The highest BCUT2D eigenvalue weighted by Gasteiger charge is 2.38. The number of aromatic nitrogens is 3. The molecule has 0 spiro atoms. The van der Waals surface area contributed by atoms with E-state index in [1.165, 1.54) is 45.0 Å². The van der Waals surface area contributed by atoms with E-state index in [1.807, 2.05) is 0 Å². The molecule has 8 aromatic carbocycles. The van der Waals surface area contributed by atoms with Gasteiger partial charge in [-0.2, -0.15) is 0 Å². The fourth-order valence-electron chi connectivity index (χ4n) is 10.1. The third-order valence-corrected chi connectivity index (χ3v) is 14.3. The van der Waals surface area contributed by atoms with Crippen LogP contribution in [0.2, 0.25) is 0 Å². The predicted octanol–water partition coefficient (Wildman–Crippen LogP) is 15.2. The molecule has 0 N–H and O–H groups in total. The van der Waals surface area contributed by atoms with E-state index >= 15 is 0 Å². The molecule has 0 radical (unpaired) electrons. The van der Waals surface area contributed by atoms with E-state index in [4.69, 9.17) is 9.97 Å². The van der Waals surface area contributed by atoms with Crippen LogP contribution in [0, 0.1) is 0 Å². The van der Waals surface area contributed by atoms with Gasteiger partial charge in [-0.3, -0.25) is 4.57 Å². The van der Waals surface area contributed by atoms with Gasteiger partial charge >= 0.3 is 0 Å². The fourth-order valence-corrected chi connectivity index (χ4v) is 11.0. The smallest absolute Gasteiger partial charge is 0.145 e. The van der Waals surface area contributed by atoms with Gasteiger partial charge in [-0.15, -0.1) is 11.3 Å². The van der Waals surface area contributed by atoms with Crippen molar-refractivity contribution < 1.29 is 0 Å². The summed E-state index contributed by atoms with van der Waals surface area (Å²) in [6.07, 6.45) is 0. The molecule has 2 aromatic heterocycles. The summed E-state index contributed by atoms with van der Waals surface area (Å²) in [7, 11) is 0. The van der Waals surface area contributed by atoms with E-state index in [9.17, 15) is 0 Å². The third-order valence-electron chi connectivity index (χ3n) is 13.2. The number of fused-ring (bicyclic) bond motifs is 6. The third kappa shape index (κ3) is 5.46. The Hall–Kier alpha value is -7.28. The van der Waals surface area contributed by atoms with Gasteiger partial charge in [-0.05, 0) is 119 Å². The molecule has 0 saturated carbocycles.